The molecule has 0 saturated carbocycles. The van der Waals surface area contributed by atoms with Crippen LogP contribution in [0.1, 0.15) is 55.6 Å². The molecule has 0 fully saturated rings. The molecule has 0 spiro atoms. The molecular weight excluding hydrogens is 440 g/mol. The zero-order chi connectivity index (χ0) is 24.8. The first-order valence-corrected chi connectivity index (χ1v) is 15.2. The molecule has 34 heavy (non-hydrogen) atoms. The van der Waals surface area contributed by atoms with E-state index in [9.17, 15) is 4.79 Å². The van der Waals surface area contributed by atoms with Crippen LogP contribution in [0.15, 0.2) is 48.7 Å². The summed E-state index contributed by atoms with van der Waals surface area (Å²) in [7, 11) is -0.386. The lowest BCUT2D eigenvalue weighted by atomic mass is 10.0. The number of nitrogens with zero attached hydrogens (tertiary/aromatic N) is 2. The molecule has 2 aromatic rings. The van der Waals surface area contributed by atoms with Gasteiger partial charge in [0.15, 0.2) is 8.32 Å². The van der Waals surface area contributed by atoms with E-state index in [0.29, 0.717) is 6.04 Å². The van der Waals surface area contributed by atoms with Gasteiger partial charge in [0, 0.05) is 50.1 Å². The van der Waals surface area contributed by atoms with Crippen LogP contribution in [0, 0.1) is 0 Å². The number of hydrogen-bond acceptors (Lipinski definition) is 5. The summed E-state index contributed by atoms with van der Waals surface area (Å²) < 4.78 is 11.2. The largest absolute Gasteiger partial charge is 0.466 e. The Morgan fingerprint density at radius 1 is 1.21 bits per heavy atom. The third-order valence-electron chi connectivity index (χ3n) is 7.30. The summed E-state index contributed by atoms with van der Waals surface area (Å²) in [6.07, 6.45) is 8.24. The predicted molar refractivity (Wildman–Crippen MR) is 141 cm³/mol. The number of benzene rings is 1. The van der Waals surface area contributed by atoms with Crippen LogP contribution in [0.5, 0.6) is 0 Å². The number of aromatic nitrogens is 1. The fourth-order valence-corrected chi connectivity index (χ4v) is 5.23. The minimum absolute atomic E-state index is 0.208. The number of esters is 1. The van der Waals surface area contributed by atoms with Gasteiger partial charge in [0.2, 0.25) is 0 Å². The first-order valence-electron chi connectivity index (χ1n) is 12.3. The highest BCUT2D eigenvalue weighted by molar-refractivity contribution is 6.74. The van der Waals surface area contributed by atoms with Crippen molar-refractivity contribution in [2.75, 3.05) is 26.8 Å². The Kier molecular flexibility index (Phi) is 8.85. The Morgan fingerprint density at radius 2 is 2.00 bits per heavy atom. The number of fused-ring (bicyclic) bond motifs is 1. The van der Waals surface area contributed by atoms with Gasteiger partial charge >= 0.3 is 5.97 Å². The number of rotatable bonds is 10. The number of ether oxygens (including phenoxy) is 1. The average molecular weight is 481 g/mol. The monoisotopic (exact) mass is 480 g/mol. The van der Waals surface area contributed by atoms with Gasteiger partial charge in [0.1, 0.15) is 0 Å². The summed E-state index contributed by atoms with van der Waals surface area (Å²) in [5.74, 6) is -0.333. The van der Waals surface area contributed by atoms with E-state index in [0.717, 1.165) is 50.2 Å². The summed E-state index contributed by atoms with van der Waals surface area (Å²) in [5.41, 5.74) is 4.92. The molecule has 5 nitrogen and oxygen atoms in total. The van der Waals surface area contributed by atoms with Crippen molar-refractivity contribution in [1.82, 2.24) is 9.88 Å². The molecule has 0 aliphatic heterocycles. The zero-order valence-electron chi connectivity index (χ0n) is 21.6. The third kappa shape index (κ3) is 6.87. The third-order valence-corrected chi connectivity index (χ3v) is 11.8. The number of carbonyl (C=O) groups is 1. The van der Waals surface area contributed by atoms with E-state index < -0.39 is 8.32 Å². The van der Waals surface area contributed by atoms with Crippen molar-refractivity contribution in [3.63, 3.8) is 0 Å². The lowest BCUT2D eigenvalue weighted by Gasteiger charge is -2.37. The fourth-order valence-electron chi connectivity index (χ4n) is 4.19. The van der Waals surface area contributed by atoms with Crippen LogP contribution in [0.25, 0.3) is 6.08 Å². The summed E-state index contributed by atoms with van der Waals surface area (Å²) in [5, 5.41) is 0.208. The van der Waals surface area contributed by atoms with E-state index in [4.69, 9.17) is 9.16 Å². The number of pyridine rings is 1. The smallest absolute Gasteiger partial charge is 0.330 e. The van der Waals surface area contributed by atoms with E-state index in [1.165, 1.54) is 24.3 Å². The van der Waals surface area contributed by atoms with Crippen molar-refractivity contribution >= 4 is 20.4 Å². The highest BCUT2D eigenvalue weighted by Gasteiger charge is 2.37. The van der Waals surface area contributed by atoms with E-state index >= 15 is 0 Å². The second-order valence-electron chi connectivity index (χ2n) is 10.6. The SMILES string of the molecule is COC(=O)/C=C/c1ccc2c(c1)CCC2N(CCO[Si](C)(C)C(C)(C)C)CCc1ccccn1. The lowest BCUT2D eigenvalue weighted by molar-refractivity contribution is -0.134. The Bertz CT molecular complexity index is 983. The molecule has 1 aliphatic rings. The van der Waals surface area contributed by atoms with Gasteiger partial charge in [-0.3, -0.25) is 9.88 Å². The van der Waals surface area contributed by atoms with Crippen molar-refractivity contribution < 1.29 is 14.0 Å². The minimum Gasteiger partial charge on any atom is -0.466 e. The average Bonchev–Trinajstić information content (AvgIpc) is 3.22. The van der Waals surface area contributed by atoms with Crippen LogP contribution in [-0.4, -0.2) is 51.0 Å². The van der Waals surface area contributed by atoms with Crippen LogP contribution in [-0.2, 0) is 26.8 Å². The molecule has 1 atom stereocenters. The molecule has 1 aromatic heterocycles. The molecule has 1 heterocycles. The highest BCUT2D eigenvalue weighted by atomic mass is 28.4. The number of carbonyl (C=O) groups excluding carboxylic acids is 1. The second-order valence-corrected chi connectivity index (χ2v) is 15.4. The quantitative estimate of drug-likeness (QED) is 0.244. The molecule has 0 radical (unpaired) electrons. The molecule has 1 aliphatic carbocycles. The summed E-state index contributed by atoms with van der Waals surface area (Å²) >= 11 is 0. The highest BCUT2D eigenvalue weighted by Crippen LogP contribution is 2.38. The first kappa shape index (κ1) is 26.3. The van der Waals surface area contributed by atoms with Crippen molar-refractivity contribution in [2.24, 2.45) is 0 Å². The Morgan fingerprint density at radius 3 is 2.68 bits per heavy atom. The van der Waals surface area contributed by atoms with Gasteiger partial charge in [-0.1, -0.05) is 45.0 Å². The second kappa shape index (κ2) is 11.4. The Labute approximate surface area is 206 Å². The molecule has 0 saturated heterocycles. The van der Waals surface area contributed by atoms with Crippen LogP contribution in [0.3, 0.4) is 0 Å². The first-order chi connectivity index (χ1) is 16.1. The van der Waals surface area contributed by atoms with E-state index in [2.05, 4.69) is 74.1 Å². The lowest BCUT2D eigenvalue weighted by Crippen LogP contribution is -2.43. The molecule has 0 amide bonds. The Balaban J connectivity index is 1.74. The maximum Gasteiger partial charge on any atom is 0.330 e. The number of hydrogen-bond donors (Lipinski definition) is 0. The minimum atomic E-state index is -1.78. The van der Waals surface area contributed by atoms with Gasteiger partial charge in [0.05, 0.1) is 7.11 Å². The number of methoxy groups -OCH3 is 1. The van der Waals surface area contributed by atoms with Gasteiger partial charge in [-0.25, -0.2) is 4.79 Å². The molecule has 0 bridgehead atoms. The number of aryl methyl sites for hydroxylation is 1. The van der Waals surface area contributed by atoms with Crippen molar-refractivity contribution in [3.8, 4) is 0 Å². The van der Waals surface area contributed by atoms with Gasteiger partial charge in [-0.2, -0.15) is 0 Å². The van der Waals surface area contributed by atoms with Crippen LogP contribution in [0.2, 0.25) is 18.1 Å². The van der Waals surface area contributed by atoms with E-state index in [-0.39, 0.29) is 11.0 Å². The Hall–Kier alpha value is -2.28. The van der Waals surface area contributed by atoms with Gasteiger partial charge in [-0.15, -0.1) is 0 Å². The molecule has 0 N–H and O–H groups in total. The molecular formula is C28H40N2O3Si. The van der Waals surface area contributed by atoms with E-state index in [1.54, 1.807) is 0 Å². The maximum atomic E-state index is 11.5. The standard InChI is InChI=1S/C28H40N2O3Si/c1-28(2,3)34(5,6)33-20-19-30(18-16-24-9-7-8-17-29-24)26-14-12-23-21-22(10-13-25(23)26)11-15-27(31)32-4/h7-11,13,15,17,21,26H,12,14,16,18-20H2,1-6H3/b15-11+. The normalized spacial score (nSPS) is 16.3. The van der Waals surface area contributed by atoms with E-state index in [1.807, 2.05) is 18.3 Å². The summed E-state index contributed by atoms with van der Waals surface area (Å²) in [4.78, 5) is 18.6. The van der Waals surface area contributed by atoms with Crippen molar-refractivity contribution in [1.29, 1.82) is 0 Å². The van der Waals surface area contributed by atoms with Crippen molar-refractivity contribution in [3.05, 3.63) is 71.1 Å². The van der Waals surface area contributed by atoms with Crippen LogP contribution >= 0.6 is 0 Å². The molecule has 1 unspecified atom stereocenters. The van der Waals surface area contributed by atoms with Crippen molar-refractivity contribution in [2.45, 2.75) is 64.2 Å². The van der Waals surface area contributed by atoms with Gasteiger partial charge < -0.3 is 9.16 Å². The fraction of sp³-hybridized carbons (Fsp3) is 0.500. The molecule has 6 heteroatoms. The summed E-state index contributed by atoms with van der Waals surface area (Å²) in [6, 6.07) is 13.0. The maximum absolute atomic E-state index is 11.5. The van der Waals surface area contributed by atoms with Gasteiger partial charge in [-0.05, 0) is 65.9 Å². The van der Waals surface area contributed by atoms with Crippen LogP contribution in [0.4, 0.5) is 0 Å². The predicted octanol–water partition coefficient (Wildman–Crippen LogP) is 5.82. The van der Waals surface area contributed by atoms with Crippen LogP contribution < -0.4 is 0 Å². The molecule has 3 rings (SSSR count). The van der Waals surface area contributed by atoms with Gasteiger partial charge in [0.25, 0.3) is 0 Å². The summed E-state index contributed by atoms with van der Waals surface area (Å²) in [6.45, 7) is 14.1. The topological polar surface area (TPSA) is 51.7 Å². The molecule has 1 aromatic carbocycles. The molecule has 184 valence electrons. The zero-order valence-corrected chi connectivity index (χ0v) is 22.6.